The number of Topliss-reactive ketones (excluding diaryl/α,β-unsaturated/α-hetero) is 1. The molecule has 0 amide bonds. The zero-order valence-electron chi connectivity index (χ0n) is 11.5. The maximum atomic E-state index is 12.1. The first-order valence-electron chi connectivity index (χ1n) is 6.72. The number of hydrogen-bond acceptors (Lipinski definition) is 2. The zero-order valence-corrected chi connectivity index (χ0v) is 11.5. The Balaban J connectivity index is 2.02. The summed E-state index contributed by atoms with van der Waals surface area (Å²) in [5.74, 6) is 0.197. The van der Waals surface area contributed by atoms with Gasteiger partial charge in [0.1, 0.15) is 0 Å². The molecule has 0 aliphatic carbocycles. The van der Waals surface area contributed by atoms with Crippen molar-refractivity contribution >= 4 is 5.78 Å². The summed E-state index contributed by atoms with van der Waals surface area (Å²) < 4.78 is 5.50. The smallest absolute Gasteiger partial charge is 0.165 e. The van der Waals surface area contributed by atoms with Crippen LogP contribution in [0.4, 0.5) is 0 Å². The third kappa shape index (κ3) is 3.20. The average molecular weight is 246 g/mol. The Morgan fingerprint density at radius 3 is 2.44 bits per heavy atom. The van der Waals surface area contributed by atoms with E-state index in [1.807, 2.05) is 12.1 Å². The number of rotatable bonds is 3. The molecule has 0 N–H and O–H groups in total. The highest BCUT2D eigenvalue weighted by Gasteiger charge is 2.20. The number of benzene rings is 1. The first kappa shape index (κ1) is 13.3. The second-order valence-corrected chi connectivity index (χ2v) is 6.09. The molecule has 1 aliphatic rings. The van der Waals surface area contributed by atoms with Gasteiger partial charge < -0.3 is 4.74 Å². The van der Waals surface area contributed by atoms with Crippen LogP contribution in [0.3, 0.4) is 0 Å². The van der Waals surface area contributed by atoms with Crippen molar-refractivity contribution in [2.24, 2.45) is 0 Å². The van der Waals surface area contributed by atoms with Gasteiger partial charge in [0.05, 0.1) is 6.10 Å². The fourth-order valence-electron chi connectivity index (χ4n) is 2.29. The molecule has 0 aromatic heterocycles. The Bertz CT molecular complexity index is 406. The summed E-state index contributed by atoms with van der Waals surface area (Å²) in [6, 6.07) is 8.00. The molecule has 1 atom stereocenters. The van der Waals surface area contributed by atoms with E-state index in [4.69, 9.17) is 4.74 Å². The SMILES string of the molecule is CC(C)(C)c1ccc(C(=O)CC2CCCO2)cc1. The van der Waals surface area contributed by atoms with Gasteiger partial charge in [-0.05, 0) is 23.8 Å². The average Bonchev–Trinajstić information content (AvgIpc) is 2.81. The predicted octanol–water partition coefficient (Wildman–Crippen LogP) is 3.74. The summed E-state index contributed by atoms with van der Waals surface area (Å²) in [7, 11) is 0. The Morgan fingerprint density at radius 1 is 1.28 bits per heavy atom. The molecule has 1 unspecified atom stereocenters. The van der Waals surface area contributed by atoms with E-state index < -0.39 is 0 Å². The number of carbonyl (C=O) groups is 1. The third-order valence-corrected chi connectivity index (χ3v) is 3.51. The Morgan fingerprint density at radius 2 is 1.94 bits per heavy atom. The van der Waals surface area contributed by atoms with Crippen LogP contribution in [0.25, 0.3) is 0 Å². The van der Waals surface area contributed by atoms with Crippen LogP contribution in [0.15, 0.2) is 24.3 Å². The fourth-order valence-corrected chi connectivity index (χ4v) is 2.29. The molecule has 1 fully saturated rings. The lowest BCUT2D eigenvalue weighted by molar-refractivity contribution is 0.0775. The van der Waals surface area contributed by atoms with Gasteiger partial charge in [0.2, 0.25) is 0 Å². The van der Waals surface area contributed by atoms with E-state index in [1.165, 1.54) is 5.56 Å². The van der Waals surface area contributed by atoms with E-state index in [9.17, 15) is 4.79 Å². The number of ether oxygens (including phenoxy) is 1. The van der Waals surface area contributed by atoms with Crippen molar-refractivity contribution in [2.45, 2.75) is 51.6 Å². The molecular formula is C16H22O2. The van der Waals surface area contributed by atoms with Gasteiger partial charge in [-0.15, -0.1) is 0 Å². The molecule has 18 heavy (non-hydrogen) atoms. The Hall–Kier alpha value is -1.15. The molecule has 1 aliphatic heterocycles. The minimum atomic E-state index is 0.135. The fraction of sp³-hybridized carbons (Fsp3) is 0.562. The van der Waals surface area contributed by atoms with E-state index in [1.54, 1.807) is 0 Å². The van der Waals surface area contributed by atoms with Crippen LogP contribution in [0.2, 0.25) is 0 Å². The Labute approximate surface area is 109 Å². The van der Waals surface area contributed by atoms with E-state index in [0.29, 0.717) is 6.42 Å². The minimum absolute atomic E-state index is 0.135. The molecule has 2 rings (SSSR count). The largest absolute Gasteiger partial charge is 0.378 e. The second-order valence-electron chi connectivity index (χ2n) is 6.09. The monoisotopic (exact) mass is 246 g/mol. The van der Waals surface area contributed by atoms with Gasteiger partial charge in [0, 0.05) is 18.6 Å². The summed E-state index contributed by atoms with van der Waals surface area (Å²) in [4.78, 5) is 12.1. The van der Waals surface area contributed by atoms with Crippen LogP contribution in [0.1, 0.15) is 56.0 Å². The van der Waals surface area contributed by atoms with Crippen molar-refractivity contribution in [3.8, 4) is 0 Å². The molecule has 0 spiro atoms. The van der Waals surface area contributed by atoms with Crippen molar-refractivity contribution in [1.82, 2.24) is 0 Å². The van der Waals surface area contributed by atoms with Crippen molar-refractivity contribution < 1.29 is 9.53 Å². The number of ketones is 1. The van der Waals surface area contributed by atoms with Gasteiger partial charge in [-0.2, -0.15) is 0 Å². The molecule has 0 radical (unpaired) electrons. The standard InChI is InChI=1S/C16H22O2/c1-16(2,3)13-8-6-12(7-9-13)15(17)11-14-5-4-10-18-14/h6-9,14H,4-5,10-11H2,1-3H3. The highest BCUT2D eigenvalue weighted by atomic mass is 16.5. The molecular weight excluding hydrogens is 224 g/mol. The quantitative estimate of drug-likeness (QED) is 0.759. The first-order valence-corrected chi connectivity index (χ1v) is 6.72. The lowest BCUT2D eigenvalue weighted by atomic mass is 9.86. The topological polar surface area (TPSA) is 26.3 Å². The van der Waals surface area contributed by atoms with E-state index >= 15 is 0 Å². The zero-order chi connectivity index (χ0) is 13.2. The number of hydrogen-bond donors (Lipinski definition) is 0. The van der Waals surface area contributed by atoms with Crippen LogP contribution in [-0.4, -0.2) is 18.5 Å². The normalized spacial score (nSPS) is 20.1. The second kappa shape index (κ2) is 5.23. The molecule has 0 saturated carbocycles. The van der Waals surface area contributed by atoms with Gasteiger partial charge in [0.25, 0.3) is 0 Å². The lowest BCUT2D eigenvalue weighted by Gasteiger charge is -2.19. The molecule has 1 heterocycles. The first-order chi connectivity index (χ1) is 8.47. The van der Waals surface area contributed by atoms with Crippen LogP contribution < -0.4 is 0 Å². The van der Waals surface area contributed by atoms with E-state index in [0.717, 1.165) is 25.0 Å². The maximum absolute atomic E-state index is 12.1. The molecule has 0 bridgehead atoms. The lowest BCUT2D eigenvalue weighted by Crippen LogP contribution is -2.14. The summed E-state index contributed by atoms with van der Waals surface area (Å²) in [5, 5.41) is 0. The highest BCUT2D eigenvalue weighted by Crippen LogP contribution is 2.23. The van der Waals surface area contributed by atoms with Crippen LogP contribution in [0.5, 0.6) is 0 Å². The van der Waals surface area contributed by atoms with Crippen LogP contribution in [0, 0.1) is 0 Å². The van der Waals surface area contributed by atoms with Gasteiger partial charge in [-0.3, -0.25) is 4.79 Å². The third-order valence-electron chi connectivity index (χ3n) is 3.51. The minimum Gasteiger partial charge on any atom is -0.378 e. The molecule has 2 nitrogen and oxygen atoms in total. The highest BCUT2D eigenvalue weighted by molar-refractivity contribution is 5.96. The molecule has 2 heteroatoms. The maximum Gasteiger partial charge on any atom is 0.165 e. The van der Waals surface area contributed by atoms with E-state index in [2.05, 4.69) is 32.9 Å². The van der Waals surface area contributed by atoms with Gasteiger partial charge in [0.15, 0.2) is 5.78 Å². The van der Waals surface area contributed by atoms with Crippen LogP contribution in [-0.2, 0) is 10.2 Å². The molecule has 1 aromatic rings. The van der Waals surface area contributed by atoms with Crippen molar-refractivity contribution in [1.29, 1.82) is 0 Å². The van der Waals surface area contributed by atoms with E-state index in [-0.39, 0.29) is 17.3 Å². The summed E-state index contributed by atoms with van der Waals surface area (Å²) in [6.07, 6.45) is 2.77. The van der Waals surface area contributed by atoms with Crippen molar-refractivity contribution in [3.05, 3.63) is 35.4 Å². The van der Waals surface area contributed by atoms with Crippen LogP contribution >= 0.6 is 0 Å². The van der Waals surface area contributed by atoms with Crippen molar-refractivity contribution in [3.63, 3.8) is 0 Å². The molecule has 1 saturated heterocycles. The van der Waals surface area contributed by atoms with Gasteiger partial charge in [-0.25, -0.2) is 0 Å². The summed E-state index contributed by atoms with van der Waals surface area (Å²) in [5.41, 5.74) is 2.20. The molecule has 1 aromatic carbocycles. The van der Waals surface area contributed by atoms with Gasteiger partial charge >= 0.3 is 0 Å². The Kier molecular flexibility index (Phi) is 3.86. The number of carbonyl (C=O) groups excluding carboxylic acids is 1. The van der Waals surface area contributed by atoms with Gasteiger partial charge in [-0.1, -0.05) is 45.0 Å². The predicted molar refractivity (Wildman–Crippen MR) is 73.1 cm³/mol. The summed E-state index contributed by atoms with van der Waals surface area (Å²) >= 11 is 0. The molecule has 98 valence electrons. The van der Waals surface area contributed by atoms with Crippen molar-refractivity contribution in [2.75, 3.05) is 6.61 Å². The summed E-state index contributed by atoms with van der Waals surface area (Å²) in [6.45, 7) is 7.34.